The molecule has 4 rings (SSSR count). The summed E-state index contributed by atoms with van der Waals surface area (Å²) in [5, 5.41) is 2.93. The number of amides is 1. The molecule has 0 aliphatic heterocycles. The van der Waals surface area contributed by atoms with Gasteiger partial charge in [0.2, 0.25) is 0 Å². The smallest absolute Gasteiger partial charge is 0.269 e. The Hall–Kier alpha value is -3.67. The molecule has 0 aliphatic carbocycles. The Morgan fingerprint density at radius 1 is 1.03 bits per heavy atom. The van der Waals surface area contributed by atoms with E-state index in [2.05, 4.69) is 20.9 Å². The number of pyridine rings is 1. The van der Waals surface area contributed by atoms with Gasteiger partial charge in [0.05, 0.1) is 17.6 Å². The normalized spacial score (nSPS) is 10.9. The maximum Gasteiger partial charge on any atom is 0.269 e. The van der Waals surface area contributed by atoms with Gasteiger partial charge in [0, 0.05) is 19.2 Å². The number of nitrogens with zero attached hydrogens (tertiary/aromatic N) is 3. The molecule has 31 heavy (non-hydrogen) atoms. The molecule has 6 nitrogen and oxygen atoms in total. The van der Waals surface area contributed by atoms with E-state index in [-0.39, 0.29) is 5.91 Å². The fourth-order valence-corrected chi connectivity index (χ4v) is 3.57. The van der Waals surface area contributed by atoms with Gasteiger partial charge in [0.1, 0.15) is 23.9 Å². The van der Waals surface area contributed by atoms with E-state index < -0.39 is 0 Å². The molecule has 1 N–H and O–H groups in total. The molecule has 0 atom stereocenters. The van der Waals surface area contributed by atoms with Crippen LogP contribution in [0.1, 0.15) is 28.3 Å². The summed E-state index contributed by atoms with van der Waals surface area (Å²) in [6.07, 6.45) is 3.18. The summed E-state index contributed by atoms with van der Waals surface area (Å²) in [4.78, 5) is 21.1. The molecule has 0 saturated heterocycles. The first-order valence-corrected chi connectivity index (χ1v) is 10.5. The Morgan fingerprint density at radius 3 is 2.68 bits per heavy atom. The van der Waals surface area contributed by atoms with Crippen molar-refractivity contribution in [3.05, 3.63) is 90.0 Å². The van der Waals surface area contributed by atoms with E-state index >= 15 is 0 Å². The van der Waals surface area contributed by atoms with E-state index in [0.29, 0.717) is 25.4 Å². The number of carbonyl (C=O) groups excluding carboxylic acids is 1. The maximum absolute atomic E-state index is 12.2. The molecule has 2 aromatic heterocycles. The van der Waals surface area contributed by atoms with Gasteiger partial charge in [-0.25, -0.2) is 4.98 Å². The van der Waals surface area contributed by atoms with Crippen LogP contribution in [0.2, 0.25) is 0 Å². The fraction of sp³-hybridized carbons (Fsp3) is 0.240. The highest BCUT2D eigenvalue weighted by Crippen LogP contribution is 2.19. The summed E-state index contributed by atoms with van der Waals surface area (Å²) in [6.45, 7) is 3.89. The number of benzene rings is 2. The van der Waals surface area contributed by atoms with Crippen LogP contribution in [0.15, 0.2) is 72.9 Å². The summed E-state index contributed by atoms with van der Waals surface area (Å²) < 4.78 is 8.22. The second-order valence-corrected chi connectivity index (χ2v) is 7.36. The highest BCUT2D eigenvalue weighted by molar-refractivity contribution is 5.92. The number of hydrogen-bond donors (Lipinski definition) is 1. The van der Waals surface area contributed by atoms with Crippen LogP contribution in [-0.4, -0.2) is 33.6 Å². The minimum Gasteiger partial charge on any atom is -0.491 e. The van der Waals surface area contributed by atoms with Crippen LogP contribution in [0.4, 0.5) is 0 Å². The lowest BCUT2D eigenvalue weighted by Gasteiger charge is -2.12. The van der Waals surface area contributed by atoms with Crippen molar-refractivity contribution in [2.45, 2.75) is 26.3 Å². The number of hydrogen-bond acceptors (Lipinski definition) is 4. The topological polar surface area (TPSA) is 69.0 Å². The standard InChI is InChI=1S/C25H26N4O2/c1-19-9-2-5-13-23(19)31-18-17-29-22-12-4-3-10-20(22)28-24(29)14-8-16-27-25(30)21-11-6-7-15-26-21/h2-7,9-13,15H,8,14,16-18H2,1H3,(H,27,30). The fourth-order valence-electron chi connectivity index (χ4n) is 3.57. The summed E-state index contributed by atoms with van der Waals surface area (Å²) in [5.74, 6) is 1.76. The van der Waals surface area contributed by atoms with E-state index in [4.69, 9.17) is 9.72 Å². The van der Waals surface area contributed by atoms with Crippen molar-refractivity contribution < 1.29 is 9.53 Å². The molecule has 2 heterocycles. The number of fused-ring (bicyclic) bond motifs is 1. The summed E-state index contributed by atoms with van der Waals surface area (Å²) in [7, 11) is 0. The zero-order chi connectivity index (χ0) is 21.5. The van der Waals surface area contributed by atoms with E-state index in [9.17, 15) is 4.79 Å². The predicted octanol–water partition coefficient (Wildman–Crippen LogP) is 4.18. The molecule has 2 aromatic carbocycles. The molecule has 1 amide bonds. The van der Waals surface area contributed by atoms with Crippen LogP contribution in [0.25, 0.3) is 11.0 Å². The number of aryl methyl sites for hydroxylation is 2. The molecule has 0 saturated carbocycles. The van der Waals surface area contributed by atoms with Crippen molar-refractivity contribution in [1.82, 2.24) is 19.9 Å². The van der Waals surface area contributed by atoms with Crippen molar-refractivity contribution in [2.75, 3.05) is 13.2 Å². The lowest BCUT2D eigenvalue weighted by atomic mass is 10.2. The van der Waals surface area contributed by atoms with Gasteiger partial charge in [-0.3, -0.25) is 9.78 Å². The van der Waals surface area contributed by atoms with Crippen LogP contribution in [0.3, 0.4) is 0 Å². The first-order chi connectivity index (χ1) is 15.2. The molecule has 4 aromatic rings. The third-order valence-corrected chi connectivity index (χ3v) is 5.16. The van der Waals surface area contributed by atoms with Crippen LogP contribution in [0, 0.1) is 6.92 Å². The molecular weight excluding hydrogens is 388 g/mol. The van der Waals surface area contributed by atoms with Crippen molar-refractivity contribution in [3.8, 4) is 5.75 Å². The highest BCUT2D eigenvalue weighted by Gasteiger charge is 2.11. The highest BCUT2D eigenvalue weighted by atomic mass is 16.5. The molecule has 0 aliphatic rings. The van der Waals surface area contributed by atoms with Crippen LogP contribution in [-0.2, 0) is 13.0 Å². The molecule has 0 bridgehead atoms. The lowest BCUT2D eigenvalue weighted by molar-refractivity contribution is 0.0948. The molecule has 0 fully saturated rings. The van der Waals surface area contributed by atoms with Gasteiger partial charge in [0.15, 0.2) is 0 Å². The SMILES string of the molecule is Cc1ccccc1OCCn1c(CCCNC(=O)c2ccccn2)nc2ccccc21. The number of nitrogens with one attached hydrogen (secondary N) is 1. The van der Waals surface area contributed by atoms with Crippen molar-refractivity contribution in [2.24, 2.45) is 0 Å². The number of carbonyl (C=O) groups is 1. The first kappa shape index (κ1) is 20.6. The van der Waals surface area contributed by atoms with Crippen LogP contribution in [0.5, 0.6) is 5.75 Å². The predicted molar refractivity (Wildman–Crippen MR) is 121 cm³/mol. The lowest BCUT2D eigenvalue weighted by Crippen LogP contribution is -2.25. The van der Waals surface area contributed by atoms with E-state index in [1.54, 1.807) is 18.3 Å². The number of para-hydroxylation sites is 3. The molecule has 0 radical (unpaired) electrons. The quantitative estimate of drug-likeness (QED) is 0.417. The largest absolute Gasteiger partial charge is 0.491 e. The molecular formula is C25H26N4O2. The summed E-state index contributed by atoms with van der Waals surface area (Å²) in [5.41, 5.74) is 3.64. The van der Waals surface area contributed by atoms with Crippen molar-refractivity contribution in [3.63, 3.8) is 0 Å². The van der Waals surface area contributed by atoms with Crippen molar-refractivity contribution in [1.29, 1.82) is 0 Å². The van der Waals surface area contributed by atoms with Gasteiger partial charge >= 0.3 is 0 Å². The average molecular weight is 415 g/mol. The average Bonchev–Trinajstić information content (AvgIpc) is 3.16. The second kappa shape index (κ2) is 9.89. The Kier molecular flexibility index (Phi) is 6.57. The van der Waals surface area contributed by atoms with Crippen molar-refractivity contribution >= 4 is 16.9 Å². The van der Waals surface area contributed by atoms with Crippen LogP contribution >= 0.6 is 0 Å². The van der Waals surface area contributed by atoms with Crippen LogP contribution < -0.4 is 10.1 Å². The Balaban J connectivity index is 1.38. The molecule has 0 unspecified atom stereocenters. The summed E-state index contributed by atoms with van der Waals surface area (Å²) >= 11 is 0. The molecule has 6 heteroatoms. The van der Waals surface area contributed by atoms with Gasteiger partial charge in [-0.05, 0) is 49.2 Å². The number of ether oxygens (including phenoxy) is 1. The van der Waals surface area contributed by atoms with E-state index in [0.717, 1.165) is 41.0 Å². The zero-order valence-corrected chi connectivity index (χ0v) is 17.6. The number of imidazole rings is 1. The third-order valence-electron chi connectivity index (χ3n) is 5.16. The van der Waals surface area contributed by atoms with E-state index in [1.165, 1.54) is 0 Å². The summed E-state index contributed by atoms with van der Waals surface area (Å²) in [6, 6.07) is 21.5. The number of rotatable bonds is 9. The van der Waals surface area contributed by atoms with Gasteiger partial charge < -0.3 is 14.6 Å². The van der Waals surface area contributed by atoms with Gasteiger partial charge in [-0.2, -0.15) is 0 Å². The first-order valence-electron chi connectivity index (χ1n) is 10.5. The van der Waals surface area contributed by atoms with E-state index in [1.807, 2.05) is 55.5 Å². The molecule has 158 valence electrons. The van der Waals surface area contributed by atoms with Gasteiger partial charge in [0.25, 0.3) is 5.91 Å². The number of aromatic nitrogens is 3. The zero-order valence-electron chi connectivity index (χ0n) is 17.6. The van der Waals surface area contributed by atoms with Gasteiger partial charge in [-0.15, -0.1) is 0 Å². The Bertz CT molecular complexity index is 1150. The minimum absolute atomic E-state index is 0.152. The monoisotopic (exact) mass is 414 g/mol. The minimum atomic E-state index is -0.152. The second-order valence-electron chi connectivity index (χ2n) is 7.36. The van der Waals surface area contributed by atoms with Gasteiger partial charge in [-0.1, -0.05) is 36.4 Å². The Labute approximate surface area is 181 Å². The Morgan fingerprint density at radius 2 is 1.84 bits per heavy atom. The third kappa shape index (κ3) is 5.09. The molecule has 0 spiro atoms. The maximum atomic E-state index is 12.2.